The first kappa shape index (κ1) is 21.0. The molecular weight excluding hydrogens is 276 g/mol. The van der Waals surface area contributed by atoms with Crippen molar-refractivity contribution in [1.29, 1.82) is 0 Å². The van der Waals surface area contributed by atoms with E-state index in [0.717, 1.165) is 35.5 Å². The predicted molar refractivity (Wildman–Crippen MR) is 106 cm³/mol. The van der Waals surface area contributed by atoms with Crippen LogP contribution in [0.3, 0.4) is 0 Å². The fourth-order valence-corrected chi connectivity index (χ4v) is 5.56. The van der Waals surface area contributed by atoms with E-state index >= 15 is 0 Å². The minimum absolute atomic E-state index is 0.509. The van der Waals surface area contributed by atoms with Gasteiger partial charge in [0.1, 0.15) is 0 Å². The summed E-state index contributed by atoms with van der Waals surface area (Å²) in [6.45, 7) is 19.7. The SMILES string of the molecule is CCCCCC1CC1CC(C)C(C)C(C)(CC)C(CC)C(C)C. The van der Waals surface area contributed by atoms with Crippen LogP contribution in [-0.2, 0) is 0 Å². The molecule has 0 aromatic heterocycles. The molecule has 0 aromatic carbocycles. The summed E-state index contributed by atoms with van der Waals surface area (Å²) in [5, 5.41) is 0. The Morgan fingerprint density at radius 2 is 1.61 bits per heavy atom. The van der Waals surface area contributed by atoms with Crippen LogP contribution in [0.25, 0.3) is 0 Å². The standard InChI is InChI=1S/C23H46/c1-9-12-13-14-20-16-21(20)15-18(6)19(7)23(8,11-3)22(10-2)17(4)5/h17-22H,9-16H2,1-8H3. The number of unbranched alkanes of at least 4 members (excludes halogenated alkanes) is 2. The molecule has 138 valence electrons. The molecule has 0 N–H and O–H groups in total. The normalized spacial score (nSPS) is 27.5. The summed E-state index contributed by atoms with van der Waals surface area (Å²) in [6, 6.07) is 0. The van der Waals surface area contributed by atoms with E-state index in [1.54, 1.807) is 0 Å². The summed E-state index contributed by atoms with van der Waals surface area (Å²) in [5.41, 5.74) is 0.509. The van der Waals surface area contributed by atoms with E-state index in [0.29, 0.717) is 5.41 Å². The molecule has 0 amide bonds. The molecule has 6 atom stereocenters. The Hall–Kier alpha value is 0. The minimum atomic E-state index is 0.509. The summed E-state index contributed by atoms with van der Waals surface area (Å²) in [5.74, 6) is 5.54. The second-order valence-electron chi connectivity index (χ2n) is 9.37. The van der Waals surface area contributed by atoms with Crippen LogP contribution in [0.15, 0.2) is 0 Å². The Kier molecular flexibility index (Phi) is 8.67. The molecule has 0 aliphatic heterocycles. The molecule has 23 heavy (non-hydrogen) atoms. The van der Waals surface area contributed by atoms with Crippen LogP contribution in [0, 0.1) is 40.9 Å². The molecule has 1 saturated carbocycles. The van der Waals surface area contributed by atoms with Gasteiger partial charge in [0.15, 0.2) is 0 Å². The number of hydrogen-bond acceptors (Lipinski definition) is 0. The van der Waals surface area contributed by atoms with Gasteiger partial charge in [-0.3, -0.25) is 0 Å². The third kappa shape index (κ3) is 5.50. The third-order valence-corrected chi connectivity index (χ3v) is 7.67. The Bertz CT molecular complexity index is 318. The smallest absolute Gasteiger partial charge is 0.0270 e. The molecule has 0 heteroatoms. The maximum Gasteiger partial charge on any atom is -0.0270 e. The molecule has 0 bridgehead atoms. The molecule has 1 aliphatic carbocycles. The molecule has 0 saturated heterocycles. The monoisotopic (exact) mass is 322 g/mol. The van der Waals surface area contributed by atoms with E-state index in [-0.39, 0.29) is 0 Å². The predicted octanol–water partition coefficient (Wildman–Crippen LogP) is 7.96. The fourth-order valence-electron chi connectivity index (χ4n) is 5.56. The summed E-state index contributed by atoms with van der Waals surface area (Å²) in [4.78, 5) is 0. The topological polar surface area (TPSA) is 0 Å². The Morgan fingerprint density at radius 3 is 2.09 bits per heavy atom. The van der Waals surface area contributed by atoms with Crippen molar-refractivity contribution in [2.45, 2.75) is 107 Å². The van der Waals surface area contributed by atoms with E-state index < -0.39 is 0 Å². The Morgan fingerprint density at radius 1 is 0.957 bits per heavy atom. The molecular formula is C23H46. The van der Waals surface area contributed by atoms with E-state index in [4.69, 9.17) is 0 Å². The lowest BCUT2D eigenvalue weighted by atomic mass is 9.59. The molecule has 0 aromatic rings. The summed E-state index contributed by atoms with van der Waals surface area (Å²) >= 11 is 0. The first-order chi connectivity index (χ1) is 10.8. The quantitative estimate of drug-likeness (QED) is 0.320. The van der Waals surface area contributed by atoms with E-state index in [9.17, 15) is 0 Å². The molecule has 1 aliphatic rings. The van der Waals surface area contributed by atoms with Crippen molar-refractivity contribution in [3.05, 3.63) is 0 Å². The first-order valence-electron chi connectivity index (χ1n) is 10.8. The molecule has 0 heterocycles. The average molecular weight is 323 g/mol. The van der Waals surface area contributed by atoms with Crippen molar-refractivity contribution < 1.29 is 0 Å². The molecule has 0 spiro atoms. The van der Waals surface area contributed by atoms with Crippen molar-refractivity contribution in [3.63, 3.8) is 0 Å². The molecule has 0 radical (unpaired) electrons. The molecule has 1 fully saturated rings. The van der Waals surface area contributed by atoms with Crippen molar-refractivity contribution in [2.24, 2.45) is 40.9 Å². The van der Waals surface area contributed by atoms with Crippen molar-refractivity contribution in [1.82, 2.24) is 0 Å². The minimum Gasteiger partial charge on any atom is -0.0654 e. The van der Waals surface area contributed by atoms with E-state index in [2.05, 4.69) is 55.4 Å². The van der Waals surface area contributed by atoms with Gasteiger partial charge in [0.2, 0.25) is 0 Å². The zero-order chi connectivity index (χ0) is 17.6. The summed E-state index contributed by atoms with van der Waals surface area (Å²) < 4.78 is 0. The van der Waals surface area contributed by atoms with Crippen molar-refractivity contribution in [3.8, 4) is 0 Å². The van der Waals surface area contributed by atoms with Gasteiger partial charge in [0, 0.05) is 0 Å². The highest BCUT2D eigenvalue weighted by Gasteiger charge is 2.43. The molecule has 6 unspecified atom stereocenters. The highest BCUT2D eigenvalue weighted by molar-refractivity contribution is 4.93. The maximum atomic E-state index is 2.59. The Balaban J connectivity index is 2.55. The van der Waals surface area contributed by atoms with Crippen LogP contribution in [0.5, 0.6) is 0 Å². The van der Waals surface area contributed by atoms with E-state index in [1.807, 2.05) is 0 Å². The van der Waals surface area contributed by atoms with Gasteiger partial charge in [-0.05, 0) is 53.8 Å². The fraction of sp³-hybridized carbons (Fsp3) is 1.00. The highest BCUT2D eigenvalue weighted by atomic mass is 14.5. The van der Waals surface area contributed by atoms with Gasteiger partial charge < -0.3 is 0 Å². The van der Waals surface area contributed by atoms with Gasteiger partial charge in [-0.1, -0.05) is 93.9 Å². The van der Waals surface area contributed by atoms with Crippen LogP contribution in [-0.4, -0.2) is 0 Å². The molecule has 0 nitrogen and oxygen atoms in total. The maximum absolute atomic E-state index is 2.59. The third-order valence-electron chi connectivity index (χ3n) is 7.67. The van der Waals surface area contributed by atoms with Gasteiger partial charge in [-0.15, -0.1) is 0 Å². The van der Waals surface area contributed by atoms with Crippen molar-refractivity contribution in [2.75, 3.05) is 0 Å². The Labute approximate surface area is 148 Å². The average Bonchev–Trinajstić information content (AvgIpc) is 3.24. The highest BCUT2D eigenvalue weighted by Crippen LogP contribution is 2.52. The zero-order valence-electron chi connectivity index (χ0n) is 17.6. The van der Waals surface area contributed by atoms with Crippen LogP contribution in [0.4, 0.5) is 0 Å². The van der Waals surface area contributed by atoms with Crippen LogP contribution < -0.4 is 0 Å². The van der Waals surface area contributed by atoms with Crippen LogP contribution in [0.1, 0.15) is 107 Å². The number of hydrogen-bond donors (Lipinski definition) is 0. The lowest BCUT2D eigenvalue weighted by Crippen LogP contribution is -2.39. The van der Waals surface area contributed by atoms with E-state index in [1.165, 1.54) is 51.4 Å². The van der Waals surface area contributed by atoms with Gasteiger partial charge in [0.05, 0.1) is 0 Å². The van der Waals surface area contributed by atoms with Gasteiger partial charge in [-0.25, -0.2) is 0 Å². The first-order valence-corrected chi connectivity index (χ1v) is 10.8. The van der Waals surface area contributed by atoms with Crippen LogP contribution >= 0.6 is 0 Å². The van der Waals surface area contributed by atoms with Gasteiger partial charge in [0.25, 0.3) is 0 Å². The largest absolute Gasteiger partial charge is 0.0654 e. The summed E-state index contributed by atoms with van der Waals surface area (Å²) in [6.07, 6.45) is 11.5. The lowest BCUT2D eigenvalue weighted by molar-refractivity contribution is 0.0270. The van der Waals surface area contributed by atoms with Crippen molar-refractivity contribution >= 4 is 0 Å². The zero-order valence-corrected chi connectivity index (χ0v) is 17.6. The summed E-state index contributed by atoms with van der Waals surface area (Å²) in [7, 11) is 0. The number of rotatable bonds is 12. The second-order valence-corrected chi connectivity index (χ2v) is 9.37. The van der Waals surface area contributed by atoms with Gasteiger partial charge >= 0.3 is 0 Å². The lowest BCUT2D eigenvalue weighted by Gasteiger charge is -2.46. The van der Waals surface area contributed by atoms with Gasteiger partial charge in [-0.2, -0.15) is 0 Å². The second kappa shape index (κ2) is 9.47. The molecule has 1 rings (SSSR count). The van der Waals surface area contributed by atoms with Crippen LogP contribution in [0.2, 0.25) is 0 Å².